The number of aliphatic hydroxyl groups is 1. The maximum atomic E-state index is 10.5. The highest BCUT2D eigenvalue weighted by Gasteiger charge is 2.28. The van der Waals surface area contributed by atoms with E-state index in [1.54, 1.807) is 6.08 Å². The third-order valence-corrected chi connectivity index (χ3v) is 2.29. The van der Waals surface area contributed by atoms with Crippen molar-refractivity contribution < 1.29 is 19.7 Å². The number of aliphatic hydroxyl groups excluding tert-OH is 1. The molecular formula is C10H16O4. The lowest BCUT2D eigenvalue weighted by molar-refractivity contribution is -0.146. The summed E-state index contributed by atoms with van der Waals surface area (Å²) in [5.41, 5.74) is 0. The first-order valence-corrected chi connectivity index (χ1v) is 4.78. The molecule has 1 aliphatic heterocycles. The lowest BCUT2D eigenvalue weighted by Gasteiger charge is -2.32. The molecular weight excluding hydrogens is 184 g/mol. The highest BCUT2D eigenvalue weighted by atomic mass is 16.5. The zero-order valence-electron chi connectivity index (χ0n) is 8.06. The Morgan fingerprint density at radius 1 is 1.50 bits per heavy atom. The van der Waals surface area contributed by atoms with E-state index in [0.717, 1.165) is 0 Å². The fourth-order valence-corrected chi connectivity index (χ4v) is 1.75. The number of carbonyl (C=O) groups is 1. The Balaban J connectivity index is 2.44. The van der Waals surface area contributed by atoms with Crippen LogP contribution in [-0.4, -0.2) is 34.5 Å². The van der Waals surface area contributed by atoms with E-state index in [4.69, 9.17) is 9.84 Å². The Bertz CT molecular complexity index is 214. The fraction of sp³-hybridized carbons (Fsp3) is 0.700. The largest absolute Gasteiger partial charge is 0.481 e. The van der Waals surface area contributed by atoms with Gasteiger partial charge in [0.25, 0.3) is 0 Å². The second-order valence-corrected chi connectivity index (χ2v) is 3.63. The molecule has 4 nitrogen and oxygen atoms in total. The van der Waals surface area contributed by atoms with Gasteiger partial charge in [0.1, 0.15) is 0 Å². The Morgan fingerprint density at radius 2 is 2.14 bits per heavy atom. The monoisotopic (exact) mass is 200 g/mol. The van der Waals surface area contributed by atoms with Gasteiger partial charge in [-0.3, -0.25) is 4.79 Å². The van der Waals surface area contributed by atoms with Gasteiger partial charge in [-0.25, -0.2) is 0 Å². The molecule has 0 aliphatic carbocycles. The summed E-state index contributed by atoms with van der Waals surface area (Å²) in [6, 6.07) is 0. The van der Waals surface area contributed by atoms with Crippen molar-refractivity contribution in [2.24, 2.45) is 0 Å². The summed E-state index contributed by atoms with van der Waals surface area (Å²) in [7, 11) is 0. The summed E-state index contributed by atoms with van der Waals surface area (Å²) in [6.07, 6.45) is 2.44. The summed E-state index contributed by atoms with van der Waals surface area (Å²) in [4.78, 5) is 10.5. The van der Waals surface area contributed by atoms with Gasteiger partial charge < -0.3 is 14.9 Å². The summed E-state index contributed by atoms with van der Waals surface area (Å²) in [5.74, 6) is -0.888. The predicted octanol–water partition coefficient (Wildman–Crippen LogP) is 0.946. The first-order chi connectivity index (χ1) is 6.61. The summed E-state index contributed by atoms with van der Waals surface area (Å²) < 4.78 is 5.50. The van der Waals surface area contributed by atoms with Crippen molar-refractivity contribution in [1.82, 2.24) is 0 Å². The molecule has 0 aromatic heterocycles. The maximum Gasteiger partial charge on any atom is 0.305 e. The highest BCUT2D eigenvalue weighted by molar-refractivity contribution is 5.67. The number of hydrogen-bond donors (Lipinski definition) is 2. The predicted molar refractivity (Wildman–Crippen MR) is 51.0 cm³/mol. The second kappa shape index (κ2) is 5.12. The van der Waals surface area contributed by atoms with Gasteiger partial charge in [0.15, 0.2) is 0 Å². The van der Waals surface area contributed by atoms with Crippen LogP contribution in [0.4, 0.5) is 0 Å². The Labute approximate surface area is 83.2 Å². The minimum absolute atomic E-state index is 0.0370. The summed E-state index contributed by atoms with van der Waals surface area (Å²) in [5, 5.41) is 18.1. The molecule has 0 aromatic carbocycles. The molecule has 0 bridgehead atoms. The molecule has 1 saturated heterocycles. The minimum Gasteiger partial charge on any atom is -0.481 e. The molecule has 2 N–H and O–H groups in total. The standard InChI is InChI=1S/C10H16O4/c1-2-3-8-4-7(11)5-9(14-8)6-10(12)13/h2,7-9,11H,1,3-6H2,(H,12,13)/t7-,8+,9+/m1/s1. The van der Waals surface area contributed by atoms with Gasteiger partial charge in [0.05, 0.1) is 24.7 Å². The lowest BCUT2D eigenvalue weighted by Crippen LogP contribution is -2.36. The smallest absolute Gasteiger partial charge is 0.305 e. The normalized spacial score (nSPS) is 32.5. The molecule has 0 unspecified atom stereocenters. The number of ether oxygens (including phenoxy) is 1. The van der Waals surface area contributed by atoms with Crippen molar-refractivity contribution >= 4 is 5.97 Å². The Morgan fingerprint density at radius 3 is 2.71 bits per heavy atom. The fourth-order valence-electron chi connectivity index (χ4n) is 1.75. The topological polar surface area (TPSA) is 66.8 Å². The van der Waals surface area contributed by atoms with Crippen LogP contribution in [0.2, 0.25) is 0 Å². The molecule has 80 valence electrons. The van der Waals surface area contributed by atoms with Crippen molar-refractivity contribution in [3.63, 3.8) is 0 Å². The molecule has 4 heteroatoms. The maximum absolute atomic E-state index is 10.5. The summed E-state index contributed by atoms with van der Waals surface area (Å²) >= 11 is 0. The molecule has 0 spiro atoms. The van der Waals surface area contributed by atoms with Crippen molar-refractivity contribution in [3.8, 4) is 0 Å². The van der Waals surface area contributed by atoms with E-state index in [0.29, 0.717) is 19.3 Å². The SMILES string of the molecule is C=CC[C@H]1C[C@@H](O)C[C@@H](CC(=O)O)O1. The van der Waals surface area contributed by atoms with E-state index in [2.05, 4.69) is 6.58 Å². The van der Waals surface area contributed by atoms with Crippen LogP contribution in [0.5, 0.6) is 0 Å². The molecule has 1 heterocycles. The average molecular weight is 200 g/mol. The van der Waals surface area contributed by atoms with E-state index in [-0.39, 0.29) is 18.6 Å². The van der Waals surface area contributed by atoms with Crippen LogP contribution in [0.25, 0.3) is 0 Å². The van der Waals surface area contributed by atoms with Crippen LogP contribution < -0.4 is 0 Å². The van der Waals surface area contributed by atoms with Crippen molar-refractivity contribution in [1.29, 1.82) is 0 Å². The van der Waals surface area contributed by atoms with Crippen LogP contribution in [0.3, 0.4) is 0 Å². The van der Waals surface area contributed by atoms with Gasteiger partial charge in [-0.15, -0.1) is 6.58 Å². The molecule has 0 aromatic rings. The molecule has 1 rings (SSSR count). The van der Waals surface area contributed by atoms with E-state index < -0.39 is 12.1 Å². The van der Waals surface area contributed by atoms with Gasteiger partial charge in [-0.1, -0.05) is 6.08 Å². The first-order valence-electron chi connectivity index (χ1n) is 4.78. The molecule has 3 atom stereocenters. The van der Waals surface area contributed by atoms with Gasteiger partial charge in [-0.2, -0.15) is 0 Å². The minimum atomic E-state index is -0.888. The van der Waals surface area contributed by atoms with Crippen LogP contribution in [0, 0.1) is 0 Å². The quantitative estimate of drug-likeness (QED) is 0.663. The van der Waals surface area contributed by atoms with Gasteiger partial charge in [0.2, 0.25) is 0 Å². The van der Waals surface area contributed by atoms with Gasteiger partial charge in [-0.05, 0) is 12.8 Å². The molecule has 0 amide bonds. The number of hydrogen-bond acceptors (Lipinski definition) is 3. The van der Waals surface area contributed by atoms with E-state index >= 15 is 0 Å². The van der Waals surface area contributed by atoms with Crippen molar-refractivity contribution in [2.45, 2.75) is 44.0 Å². The highest BCUT2D eigenvalue weighted by Crippen LogP contribution is 2.23. The van der Waals surface area contributed by atoms with Gasteiger partial charge in [0, 0.05) is 6.42 Å². The van der Waals surface area contributed by atoms with Crippen LogP contribution in [0.15, 0.2) is 12.7 Å². The third kappa shape index (κ3) is 3.47. The van der Waals surface area contributed by atoms with E-state index in [9.17, 15) is 9.90 Å². The number of rotatable bonds is 4. The van der Waals surface area contributed by atoms with Crippen LogP contribution in [-0.2, 0) is 9.53 Å². The van der Waals surface area contributed by atoms with Crippen molar-refractivity contribution in [2.75, 3.05) is 0 Å². The summed E-state index contributed by atoms with van der Waals surface area (Å²) in [6.45, 7) is 3.59. The lowest BCUT2D eigenvalue weighted by atomic mass is 9.97. The van der Waals surface area contributed by atoms with Crippen molar-refractivity contribution in [3.05, 3.63) is 12.7 Å². The molecule has 1 fully saturated rings. The third-order valence-electron chi connectivity index (χ3n) is 2.29. The Hall–Kier alpha value is -0.870. The molecule has 0 saturated carbocycles. The van der Waals surface area contributed by atoms with Crippen LogP contribution >= 0.6 is 0 Å². The molecule has 14 heavy (non-hydrogen) atoms. The number of carboxylic acids is 1. The Kier molecular flexibility index (Phi) is 4.10. The first kappa shape index (κ1) is 11.2. The average Bonchev–Trinajstić information content (AvgIpc) is 2.01. The molecule has 0 radical (unpaired) electrons. The number of aliphatic carboxylic acids is 1. The van der Waals surface area contributed by atoms with E-state index in [1.807, 2.05) is 0 Å². The zero-order valence-corrected chi connectivity index (χ0v) is 8.06. The second-order valence-electron chi connectivity index (χ2n) is 3.63. The molecule has 1 aliphatic rings. The number of carboxylic acid groups (broad SMARTS) is 1. The zero-order chi connectivity index (χ0) is 10.6. The van der Waals surface area contributed by atoms with Crippen LogP contribution in [0.1, 0.15) is 25.7 Å². The van der Waals surface area contributed by atoms with Gasteiger partial charge >= 0.3 is 5.97 Å². The van der Waals surface area contributed by atoms with E-state index in [1.165, 1.54) is 0 Å².